The number of nitro groups is 1. The van der Waals surface area contributed by atoms with Crippen LogP contribution in [0.5, 0.6) is 0 Å². The molecule has 5 N–H and O–H groups in total. The van der Waals surface area contributed by atoms with Crippen molar-refractivity contribution in [2.45, 2.75) is 65.8 Å². The van der Waals surface area contributed by atoms with E-state index < -0.39 is 10.8 Å². The molecule has 0 unspecified atom stereocenters. The molecular weight excluding hydrogens is 831 g/mol. The summed E-state index contributed by atoms with van der Waals surface area (Å²) in [6.45, 7) is 10.0. The summed E-state index contributed by atoms with van der Waals surface area (Å²) in [6, 6.07) is 8.65. The number of rotatable bonds is 16. The van der Waals surface area contributed by atoms with Crippen LogP contribution in [0.15, 0.2) is 47.5 Å². The lowest BCUT2D eigenvalue weighted by molar-refractivity contribution is -0.380. The second-order valence-corrected chi connectivity index (χ2v) is 16.6. The molecule has 7 rings (SSSR count). The van der Waals surface area contributed by atoms with Gasteiger partial charge in [-0.15, -0.1) is 0 Å². The Kier molecular flexibility index (Phi) is 13.6. The summed E-state index contributed by atoms with van der Waals surface area (Å²) >= 11 is 0.749. The lowest BCUT2D eigenvalue weighted by atomic mass is 10.0. The van der Waals surface area contributed by atoms with E-state index in [1.165, 1.54) is 26.8 Å². The third-order valence-electron chi connectivity index (χ3n) is 11.1. The Bertz CT molecular complexity index is 2620. The van der Waals surface area contributed by atoms with E-state index >= 15 is 0 Å². The van der Waals surface area contributed by atoms with Crippen molar-refractivity contribution in [2.24, 2.45) is 0 Å². The predicted molar refractivity (Wildman–Crippen MR) is 241 cm³/mol. The maximum atomic E-state index is 13.6. The van der Waals surface area contributed by atoms with Gasteiger partial charge >= 0.3 is 5.00 Å². The van der Waals surface area contributed by atoms with Crippen LogP contribution in [0.25, 0.3) is 11.0 Å². The number of benzene rings is 1. The van der Waals surface area contributed by atoms with Gasteiger partial charge in [-0.1, -0.05) is 12.8 Å². The van der Waals surface area contributed by atoms with E-state index in [-0.39, 0.29) is 68.4 Å². The first-order valence-corrected chi connectivity index (χ1v) is 21.6. The van der Waals surface area contributed by atoms with Crippen molar-refractivity contribution in [1.29, 1.82) is 0 Å². The van der Waals surface area contributed by atoms with Crippen LogP contribution in [-0.2, 0) is 9.59 Å². The molecule has 4 aromatic heterocycles. The molecule has 0 radical (unpaired) electrons. The predicted octanol–water partition coefficient (Wildman–Crippen LogP) is 5.18. The average Bonchev–Trinajstić information content (AvgIpc) is 3.91. The number of amides is 3. The molecule has 21 heteroatoms. The number of carbonyl (C=O) groups excluding carboxylic acids is 4. The maximum absolute atomic E-state index is 13.6. The fraction of sp³-hybridized carbons (Fsp3) is 0.405. The molecule has 0 atom stereocenters. The van der Waals surface area contributed by atoms with E-state index in [0.717, 1.165) is 42.7 Å². The molecule has 1 aliphatic carbocycles. The van der Waals surface area contributed by atoms with Crippen molar-refractivity contribution in [3.05, 3.63) is 85.6 Å². The van der Waals surface area contributed by atoms with Crippen LogP contribution in [0.1, 0.15) is 84.0 Å². The summed E-state index contributed by atoms with van der Waals surface area (Å²) in [4.78, 5) is 96.6. The van der Waals surface area contributed by atoms with E-state index in [4.69, 9.17) is 4.98 Å². The van der Waals surface area contributed by atoms with Crippen LogP contribution in [0, 0.1) is 24.0 Å². The molecule has 5 heterocycles. The van der Waals surface area contributed by atoms with Gasteiger partial charge in [-0.25, -0.2) is 15.0 Å². The van der Waals surface area contributed by atoms with Gasteiger partial charge in [0, 0.05) is 69.5 Å². The zero-order chi connectivity index (χ0) is 44.8. The standard InChI is InChI=1S/C42H49N13O7S/c1-24-32-22-46-41(50-37(32)54(29-8-5-6-9-29)39(60)36(24)26(3)56)49-34-13-11-30(21-45-34)53-18-16-52(17-19-53)23-35(58)44-15-7-14-43-28-10-12-31(33(20-28)48-27(4)57)38(59)51-42-47-25(2)40(63-42)55(61)62/h10-13,20-22,29,43H,5-9,14-19,23H2,1-4H3,(H,44,58)(H,48,57)(H,47,51,59)(H,45,46,49,50). The summed E-state index contributed by atoms with van der Waals surface area (Å²) < 4.78 is 1.69. The smallest absolute Gasteiger partial charge is 0.348 e. The monoisotopic (exact) mass is 879 g/mol. The Morgan fingerprint density at radius 1 is 0.937 bits per heavy atom. The highest BCUT2D eigenvalue weighted by Crippen LogP contribution is 2.33. The van der Waals surface area contributed by atoms with Crippen LogP contribution in [0.2, 0.25) is 0 Å². The second kappa shape index (κ2) is 19.5. The molecule has 0 spiro atoms. The van der Waals surface area contributed by atoms with Gasteiger partial charge in [-0.2, -0.15) is 4.98 Å². The van der Waals surface area contributed by atoms with Crippen molar-refractivity contribution >= 4 is 84.8 Å². The minimum Gasteiger partial charge on any atom is -0.385 e. The Labute approximate surface area is 366 Å². The molecule has 330 valence electrons. The number of nitrogens with one attached hydrogen (secondary N) is 5. The fourth-order valence-corrected chi connectivity index (χ4v) is 8.74. The zero-order valence-corrected chi connectivity index (χ0v) is 36.3. The van der Waals surface area contributed by atoms with Crippen LogP contribution in [0.4, 0.5) is 39.0 Å². The van der Waals surface area contributed by atoms with Gasteiger partial charge in [0.25, 0.3) is 11.5 Å². The molecule has 0 bridgehead atoms. The molecule has 1 saturated heterocycles. The van der Waals surface area contributed by atoms with Gasteiger partial charge in [0.15, 0.2) is 10.9 Å². The molecule has 2 aliphatic rings. The van der Waals surface area contributed by atoms with Crippen molar-refractivity contribution in [1.82, 2.24) is 34.7 Å². The molecule has 63 heavy (non-hydrogen) atoms. The van der Waals surface area contributed by atoms with E-state index in [1.54, 1.807) is 36.0 Å². The topological polar surface area (TPSA) is 252 Å². The lowest BCUT2D eigenvalue weighted by Gasteiger charge is -2.35. The first kappa shape index (κ1) is 44.2. The summed E-state index contributed by atoms with van der Waals surface area (Å²) in [5, 5.41) is 26.4. The van der Waals surface area contributed by atoms with Crippen LogP contribution in [-0.4, -0.2) is 104 Å². The normalized spacial score (nSPS) is 14.4. The quantitative estimate of drug-likeness (QED) is 0.0371. The van der Waals surface area contributed by atoms with E-state index in [0.29, 0.717) is 79.7 Å². The maximum Gasteiger partial charge on any atom is 0.348 e. The van der Waals surface area contributed by atoms with E-state index in [2.05, 4.69) is 51.3 Å². The second-order valence-electron chi connectivity index (χ2n) is 15.6. The molecule has 2 fully saturated rings. The number of piperazine rings is 1. The first-order valence-electron chi connectivity index (χ1n) is 20.7. The number of hydrogen-bond acceptors (Lipinski definition) is 16. The largest absolute Gasteiger partial charge is 0.385 e. The Morgan fingerprint density at radius 3 is 2.37 bits per heavy atom. The van der Waals surface area contributed by atoms with Crippen molar-refractivity contribution in [2.75, 3.05) is 72.0 Å². The average molecular weight is 880 g/mol. The number of anilines is 6. The molecule has 20 nitrogen and oxygen atoms in total. The SMILES string of the molecule is CC(=O)Nc1cc(NCCCNC(=O)CN2CCN(c3ccc(Nc4ncc5c(C)c(C(C)=O)c(=O)n(C6CCCC6)c5n4)nc3)CC2)ccc1C(=O)Nc1nc(C)c([N+](=O)[O-])s1. The van der Waals surface area contributed by atoms with Crippen molar-refractivity contribution < 1.29 is 24.1 Å². The van der Waals surface area contributed by atoms with Gasteiger partial charge in [0.05, 0.1) is 40.2 Å². The molecular formula is C42H49N13O7S. The van der Waals surface area contributed by atoms with Gasteiger partial charge in [0.1, 0.15) is 17.2 Å². The highest BCUT2D eigenvalue weighted by molar-refractivity contribution is 7.19. The van der Waals surface area contributed by atoms with E-state index in [9.17, 15) is 34.1 Å². The van der Waals surface area contributed by atoms with Gasteiger partial charge in [0.2, 0.25) is 17.8 Å². The number of nitrogens with zero attached hydrogens (tertiary/aromatic N) is 8. The number of ketones is 1. The Morgan fingerprint density at radius 2 is 1.70 bits per heavy atom. The number of aryl methyl sites for hydroxylation is 2. The fourth-order valence-electron chi connectivity index (χ4n) is 7.96. The third kappa shape index (κ3) is 10.4. The van der Waals surface area contributed by atoms with Gasteiger partial charge < -0.3 is 26.2 Å². The highest BCUT2D eigenvalue weighted by atomic mass is 32.1. The van der Waals surface area contributed by atoms with Crippen molar-refractivity contribution in [3.63, 3.8) is 0 Å². The molecule has 1 aromatic carbocycles. The minimum absolute atomic E-state index is 0.0162. The molecule has 1 aliphatic heterocycles. The number of aromatic nitrogens is 5. The number of thiazole rings is 1. The van der Waals surface area contributed by atoms with Crippen molar-refractivity contribution in [3.8, 4) is 0 Å². The summed E-state index contributed by atoms with van der Waals surface area (Å²) in [5.74, 6) is -0.445. The minimum atomic E-state index is -0.580. The highest BCUT2D eigenvalue weighted by Gasteiger charge is 2.27. The van der Waals surface area contributed by atoms with Gasteiger partial charge in [-0.05, 0) is 87.3 Å². The Balaban J connectivity index is 0.852. The summed E-state index contributed by atoms with van der Waals surface area (Å²) in [7, 11) is 0. The van der Waals surface area contributed by atoms with Crippen LogP contribution in [0.3, 0.4) is 0 Å². The Hall–Kier alpha value is -6.87. The molecule has 3 amide bonds. The number of hydrogen-bond donors (Lipinski definition) is 5. The van der Waals surface area contributed by atoms with E-state index in [1.807, 2.05) is 12.1 Å². The third-order valence-corrected chi connectivity index (χ3v) is 12.1. The summed E-state index contributed by atoms with van der Waals surface area (Å²) in [5.41, 5.74) is 3.20. The molecule has 1 saturated carbocycles. The number of fused-ring (bicyclic) bond motifs is 1. The first-order chi connectivity index (χ1) is 30.2. The van der Waals surface area contributed by atoms with Crippen LogP contribution >= 0.6 is 11.3 Å². The van der Waals surface area contributed by atoms with Gasteiger partial charge in [-0.3, -0.25) is 48.9 Å². The summed E-state index contributed by atoms with van der Waals surface area (Å²) in [6.07, 6.45) is 7.82. The lowest BCUT2D eigenvalue weighted by Crippen LogP contribution is -2.49. The van der Waals surface area contributed by atoms with Crippen LogP contribution < -0.4 is 37.0 Å². The number of Topliss-reactive ketones (excluding diaryl/α,β-unsaturated/α-hetero) is 1. The zero-order valence-electron chi connectivity index (χ0n) is 35.4. The molecule has 5 aromatic rings. The number of pyridine rings is 2. The number of carbonyl (C=O) groups is 4.